The fourth-order valence-electron chi connectivity index (χ4n) is 3.33. The number of nitrogens with zero attached hydrogens (tertiary/aromatic N) is 4. The molecule has 0 aromatic carbocycles. The van der Waals surface area contributed by atoms with Gasteiger partial charge in [0, 0.05) is 30.1 Å². The SMILES string of the molecule is CC(C#N)(CCC(=O)OCCOC(=O)CCSCCS)N=NC(C)(C#N)CCC(=O)OCCOC(=O)CCSCCCCCCS. The van der Waals surface area contributed by atoms with E-state index in [1.54, 1.807) is 23.5 Å². The molecule has 2 unspecified atom stereocenters. The predicted molar refractivity (Wildman–Crippen MR) is 185 cm³/mol. The molecule has 0 saturated carbocycles. The molecule has 12 nitrogen and oxygen atoms in total. The molecular formula is C30H48N4O8S4. The maximum Gasteiger partial charge on any atom is 0.306 e. The highest BCUT2D eigenvalue weighted by Crippen LogP contribution is 2.24. The van der Waals surface area contributed by atoms with Crippen LogP contribution in [-0.4, -0.2) is 95.9 Å². The largest absolute Gasteiger partial charge is 0.462 e. The Morgan fingerprint density at radius 1 is 0.587 bits per heavy atom. The topological polar surface area (TPSA) is 177 Å². The smallest absolute Gasteiger partial charge is 0.306 e. The molecule has 0 aromatic rings. The Morgan fingerprint density at radius 2 is 0.978 bits per heavy atom. The van der Waals surface area contributed by atoms with Gasteiger partial charge in [-0.25, -0.2) is 0 Å². The molecule has 0 bridgehead atoms. The summed E-state index contributed by atoms with van der Waals surface area (Å²) in [4.78, 5) is 47.7. The fourth-order valence-corrected chi connectivity index (χ4v) is 5.51. The van der Waals surface area contributed by atoms with Gasteiger partial charge in [0.05, 0.1) is 25.0 Å². The van der Waals surface area contributed by atoms with Gasteiger partial charge in [-0.15, -0.1) is 0 Å². The number of hydrogen-bond donors (Lipinski definition) is 2. The molecule has 0 radical (unpaired) electrons. The van der Waals surface area contributed by atoms with Gasteiger partial charge in [-0.1, -0.05) is 12.8 Å². The zero-order chi connectivity index (χ0) is 34.5. The highest BCUT2D eigenvalue weighted by molar-refractivity contribution is 8.00. The number of rotatable bonds is 28. The quantitative estimate of drug-likeness (QED) is 0.0346. The molecule has 0 heterocycles. The summed E-state index contributed by atoms with van der Waals surface area (Å²) >= 11 is 11.6. The zero-order valence-corrected chi connectivity index (χ0v) is 30.3. The van der Waals surface area contributed by atoms with Crippen molar-refractivity contribution in [1.29, 1.82) is 10.5 Å². The van der Waals surface area contributed by atoms with Crippen LogP contribution < -0.4 is 0 Å². The Balaban J connectivity index is 4.31. The summed E-state index contributed by atoms with van der Waals surface area (Å²) in [5.41, 5.74) is -2.83. The fraction of sp³-hybridized carbons (Fsp3) is 0.800. The summed E-state index contributed by atoms with van der Waals surface area (Å²) in [7, 11) is 0. The number of carbonyl (C=O) groups is 4. The number of ether oxygens (including phenoxy) is 4. The predicted octanol–water partition coefficient (Wildman–Crippen LogP) is 5.40. The van der Waals surface area contributed by atoms with Crippen LogP contribution >= 0.6 is 48.8 Å². The van der Waals surface area contributed by atoms with Gasteiger partial charge in [-0.05, 0) is 56.8 Å². The van der Waals surface area contributed by atoms with Gasteiger partial charge < -0.3 is 18.9 Å². The molecule has 0 spiro atoms. The summed E-state index contributed by atoms with van der Waals surface area (Å²) < 4.78 is 20.3. The van der Waals surface area contributed by atoms with E-state index in [-0.39, 0.29) is 76.9 Å². The third-order valence-electron chi connectivity index (χ3n) is 6.16. The lowest BCUT2D eigenvalue weighted by atomic mass is 9.97. The second kappa shape index (κ2) is 27.9. The van der Waals surface area contributed by atoms with E-state index in [1.807, 2.05) is 12.1 Å². The van der Waals surface area contributed by atoms with Gasteiger partial charge in [0.2, 0.25) is 0 Å². The van der Waals surface area contributed by atoms with Crippen LogP contribution in [0.4, 0.5) is 0 Å². The van der Waals surface area contributed by atoms with Crippen molar-refractivity contribution in [1.82, 2.24) is 0 Å². The first-order chi connectivity index (χ1) is 22.0. The standard InChI is InChI=1S/C30H48N4O8S4/c1-29(23-31,11-7-25(35)39-13-15-41-27(37)9-20-45-19-6-4-3-5-17-43)33-34-30(2,24-32)12-8-26(36)40-14-16-42-28(38)10-21-46-22-18-44/h43-44H,3-22H2,1-2H3. The minimum atomic E-state index is -1.41. The molecule has 0 saturated heterocycles. The Kier molecular flexibility index (Phi) is 26.6. The third-order valence-corrected chi connectivity index (χ3v) is 9.06. The molecule has 0 aliphatic rings. The molecule has 0 amide bonds. The number of carbonyl (C=O) groups excluding carboxylic acids is 4. The molecule has 0 aliphatic heterocycles. The van der Waals surface area contributed by atoms with E-state index in [1.165, 1.54) is 20.3 Å². The van der Waals surface area contributed by atoms with Gasteiger partial charge in [0.25, 0.3) is 0 Å². The summed E-state index contributed by atoms with van der Waals surface area (Å²) in [6, 6.07) is 3.98. The lowest BCUT2D eigenvalue weighted by Crippen LogP contribution is -2.26. The number of nitriles is 2. The van der Waals surface area contributed by atoms with E-state index in [0.717, 1.165) is 42.3 Å². The van der Waals surface area contributed by atoms with Crippen LogP contribution in [0.1, 0.15) is 78.1 Å². The van der Waals surface area contributed by atoms with Gasteiger partial charge in [-0.3, -0.25) is 19.2 Å². The Labute approximate surface area is 292 Å². The van der Waals surface area contributed by atoms with Gasteiger partial charge >= 0.3 is 23.9 Å². The van der Waals surface area contributed by atoms with Crippen LogP contribution in [0.3, 0.4) is 0 Å². The third kappa shape index (κ3) is 25.0. The number of azo groups is 1. The van der Waals surface area contributed by atoms with Gasteiger partial charge in [0.15, 0.2) is 11.1 Å². The number of thiol groups is 2. The number of unbranched alkanes of at least 4 members (excludes halogenated alkanes) is 3. The second-order valence-corrected chi connectivity index (χ2v) is 13.8. The highest BCUT2D eigenvalue weighted by Gasteiger charge is 2.30. The van der Waals surface area contributed by atoms with Crippen LogP contribution in [0.25, 0.3) is 0 Å². The first-order valence-corrected chi connectivity index (χ1v) is 18.9. The maximum absolute atomic E-state index is 12.2. The van der Waals surface area contributed by atoms with E-state index in [0.29, 0.717) is 11.5 Å². The van der Waals surface area contributed by atoms with Crippen molar-refractivity contribution in [3.63, 3.8) is 0 Å². The Bertz CT molecular complexity index is 1020. The maximum atomic E-state index is 12.2. The van der Waals surface area contributed by atoms with Crippen molar-refractivity contribution in [2.75, 3.05) is 60.9 Å². The average molecular weight is 721 g/mol. The summed E-state index contributed by atoms with van der Waals surface area (Å²) in [5, 5.41) is 27.3. The summed E-state index contributed by atoms with van der Waals surface area (Å²) in [6.07, 6.45) is 4.79. The summed E-state index contributed by atoms with van der Waals surface area (Å²) in [6.45, 7) is 2.60. The highest BCUT2D eigenvalue weighted by atomic mass is 32.2. The molecular weight excluding hydrogens is 673 g/mol. The van der Waals surface area contributed by atoms with Crippen molar-refractivity contribution in [2.24, 2.45) is 10.2 Å². The number of esters is 4. The monoisotopic (exact) mass is 720 g/mol. The van der Waals surface area contributed by atoms with Crippen LogP contribution in [-0.2, 0) is 38.1 Å². The zero-order valence-electron chi connectivity index (χ0n) is 26.9. The minimum Gasteiger partial charge on any atom is -0.462 e. The molecule has 260 valence electrons. The lowest BCUT2D eigenvalue weighted by Gasteiger charge is -2.19. The van der Waals surface area contributed by atoms with E-state index in [2.05, 4.69) is 35.5 Å². The van der Waals surface area contributed by atoms with Crippen molar-refractivity contribution in [3.8, 4) is 12.1 Å². The van der Waals surface area contributed by atoms with Gasteiger partial charge in [-0.2, -0.15) is 69.5 Å². The van der Waals surface area contributed by atoms with E-state index in [4.69, 9.17) is 18.9 Å². The first-order valence-electron chi connectivity index (χ1n) is 15.3. The van der Waals surface area contributed by atoms with Crippen LogP contribution in [0.5, 0.6) is 0 Å². The molecule has 0 N–H and O–H groups in total. The van der Waals surface area contributed by atoms with E-state index >= 15 is 0 Å². The van der Waals surface area contributed by atoms with Crippen LogP contribution in [0.2, 0.25) is 0 Å². The van der Waals surface area contributed by atoms with Crippen molar-refractivity contribution < 1.29 is 38.1 Å². The molecule has 0 rings (SSSR count). The van der Waals surface area contributed by atoms with Crippen LogP contribution in [0.15, 0.2) is 10.2 Å². The molecule has 46 heavy (non-hydrogen) atoms. The Hall–Kier alpha value is -2.14. The second-order valence-electron chi connectivity index (χ2n) is 10.4. The Morgan fingerprint density at radius 3 is 1.37 bits per heavy atom. The van der Waals surface area contributed by atoms with Crippen molar-refractivity contribution in [2.45, 2.75) is 89.1 Å². The number of thioether (sulfide) groups is 2. The molecule has 0 aliphatic carbocycles. The van der Waals surface area contributed by atoms with Crippen molar-refractivity contribution in [3.05, 3.63) is 0 Å². The summed E-state index contributed by atoms with van der Waals surface area (Å²) in [5.74, 6) is 2.88. The van der Waals surface area contributed by atoms with E-state index in [9.17, 15) is 29.7 Å². The van der Waals surface area contributed by atoms with Gasteiger partial charge in [0.1, 0.15) is 26.4 Å². The first kappa shape index (κ1) is 43.9. The molecule has 2 atom stereocenters. The molecule has 0 fully saturated rings. The molecule has 16 heteroatoms. The lowest BCUT2D eigenvalue weighted by molar-refractivity contribution is -0.152. The van der Waals surface area contributed by atoms with Crippen LogP contribution in [0, 0.1) is 22.7 Å². The minimum absolute atomic E-state index is 0.0202. The van der Waals surface area contributed by atoms with Crippen molar-refractivity contribution >= 4 is 72.7 Å². The average Bonchev–Trinajstić information content (AvgIpc) is 3.05. The van der Waals surface area contributed by atoms with E-state index < -0.39 is 23.0 Å². The molecule has 0 aromatic heterocycles. The number of hydrogen-bond acceptors (Lipinski definition) is 16. The normalized spacial score (nSPS) is 13.5.